The molecule has 2 heterocycles. The second-order valence-corrected chi connectivity index (χ2v) is 7.99. The third-order valence-electron chi connectivity index (χ3n) is 4.63. The summed E-state index contributed by atoms with van der Waals surface area (Å²) in [5.41, 5.74) is 0.904. The molecule has 2 aromatic heterocycles. The molecule has 4 rings (SSSR count). The molecule has 162 valence electrons. The molecule has 0 radical (unpaired) electrons. The summed E-state index contributed by atoms with van der Waals surface area (Å²) in [6, 6.07) is 15.4. The predicted octanol–water partition coefficient (Wildman–Crippen LogP) is 4.35. The lowest BCUT2D eigenvalue weighted by Gasteiger charge is -2.08. The van der Waals surface area contributed by atoms with Crippen LogP contribution in [0.4, 0.5) is 15.8 Å². The van der Waals surface area contributed by atoms with E-state index in [0.29, 0.717) is 23.5 Å². The summed E-state index contributed by atoms with van der Waals surface area (Å²) in [6.07, 6.45) is 1.40. The van der Waals surface area contributed by atoms with Gasteiger partial charge in [-0.2, -0.15) is 0 Å². The highest BCUT2D eigenvalue weighted by Gasteiger charge is 2.26. The lowest BCUT2D eigenvalue weighted by molar-refractivity contribution is 0.0989. The van der Waals surface area contributed by atoms with E-state index in [4.69, 9.17) is 0 Å². The number of amides is 2. The number of fused-ring (bicyclic) bond motifs is 1. The Balaban J connectivity index is 1.80. The lowest BCUT2D eigenvalue weighted by Crippen LogP contribution is -2.25. The van der Waals surface area contributed by atoms with Gasteiger partial charge in [0.25, 0.3) is 17.4 Å². The van der Waals surface area contributed by atoms with Gasteiger partial charge in [0.2, 0.25) is 0 Å². The summed E-state index contributed by atoms with van der Waals surface area (Å²) in [5.74, 6) is -1.66. The molecule has 2 amide bonds. The van der Waals surface area contributed by atoms with Crippen LogP contribution in [0.5, 0.6) is 0 Å². The molecular formula is C23H19FN4O3S. The largest absolute Gasteiger partial charge is 0.321 e. The van der Waals surface area contributed by atoms with E-state index < -0.39 is 23.2 Å². The summed E-state index contributed by atoms with van der Waals surface area (Å²) in [6.45, 7) is 1.97. The highest BCUT2D eigenvalue weighted by atomic mass is 32.1. The fraction of sp³-hybridized carbons (Fsp3) is 0.130. The second kappa shape index (κ2) is 9.11. The SMILES string of the molecule is CCCc1cc(=O)n2c(C(=O)Nc3ccc(F)cc3)c(C(=O)Nc3ccccc3)sc2n1. The number of anilines is 2. The van der Waals surface area contributed by atoms with Gasteiger partial charge in [-0.15, -0.1) is 0 Å². The van der Waals surface area contributed by atoms with Gasteiger partial charge in [-0.3, -0.25) is 14.4 Å². The number of rotatable bonds is 6. The van der Waals surface area contributed by atoms with Crippen LogP contribution in [0.1, 0.15) is 39.2 Å². The van der Waals surface area contributed by atoms with E-state index in [1.165, 1.54) is 30.3 Å². The number of benzene rings is 2. The smallest absolute Gasteiger partial charge is 0.274 e. The third kappa shape index (κ3) is 4.42. The molecule has 2 aromatic carbocycles. The lowest BCUT2D eigenvalue weighted by atomic mass is 10.2. The highest BCUT2D eigenvalue weighted by Crippen LogP contribution is 2.24. The Hall–Kier alpha value is -3.85. The highest BCUT2D eigenvalue weighted by molar-refractivity contribution is 7.19. The minimum Gasteiger partial charge on any atom is -0.321 e. The number of nitrogens with one attached hydrogen (secondary N) is 2. The van der Waals surface area contributed by atoms with Crippen molar-refractivity contribution in [2.75, 3.05) is 10.6 Å². The Morgan fingerprint density at radius 3 is 2.34 bits per heavy atom. The van der Waals surface area contributed by atoms with Crippen LogP contribution >= 0.6 is 11.3 Å². The van der Waals surface area contributed by atoms with Crippen LogP contribution in [0.2, 0.25) is 0 Å². The molecule has 0 aliphatic carbocycles. The number of carbonyl (C=O) groups excluding carboxylic acids is 2. The van der Waals surface area contributed by atoms with E-state index in [9.17, 15) is 18.8 Å². The zero-order chi connectivity index (χ0) is 22.7. The molecule has 0 saturated carbocycles. The molecule has 0 aliphatic heterocycles. The summed E-state index contributed by atoms with van der Waals surface area (Å²) in [4.78, 5) is 43.8. The zero-order valence-electron chi connectivity index (χ0n) is 17.1. The van der Waals surface area contributed by atoms with Gasteiger partial charge in [0, 0.05) is 23.1 Å². The van der Waals surface area contributed by atoms with E-state index in [0.717, 1.165) is 22.2 Å². The average Bonchev–Trinajstić information content (AvgIpc) is 3.17. The van der Waals surface area contributed by atoms with E-state index in [2.05, 4.69) is 15.6 Å². The molecule has 0 saturated heterocycles. The maximum absolute atomic E-state index is 13.2. The molecule has 2 N–H and O–H groups in total. The topological polar surface area (TPSA) is 92.6 Å². The summed E-state index contributed by atoms with van der Waals surface area (Å²) >= 11 is 0.966. The van der Waals surface area contributed by atoms with Crippen LogP contribution in [-0.2, 0) is 6.42 Å². The van der Waals surface area contributed by atoms with Gasteiger partial charge in [0.05, 0.1) is 0 Å². The second-order valence-electron chi connectivity index (χ2n) is 7.01. The van der Waals surface area contributed by atoms with Gasteiger partial charge in [-0.25, -0.2) is 13.8 Å². The van der Waals surface area contributed by atoms with Crippen LogP contribution in [-0.4, -0.2) is 21.2 Å². The van der Waals surface area contributed by atoms with Crippen molar-refractivity contribution in [1.82, 2.24) is 9.38 Å². The summed E-state index contributed by atoms with van der Waals surface area (Å²) in [7, 11) is 0. The Morgan fingerprint density at radius 2 is 1.66 bits per heavy atom. The van der Waals surface area contributed by atoms with Crippen molar-refractivity contribution in [3.05, 3.63) is 93.1 Å². The number of aryl methyl sites for hydroxylation is 1. The Morgan fingerprint density at radius 1 is 1.00 bits per heavy atom. The summed E-state index contributed by atoms with van der Waals surface area (Å²) < 4.78 is 14.4. The van der Waals surface area contributed by atoms with Crippen molar-refractivity contribution in [2.45, 2.75) is 19.8 Å². The van der Waals surface area contributed by atoms with Crippen LogP contribution in [0.15, 0.2) is 65.5 Å². The number of nitrogens with zero attached hydrogens (tertiary/aromatic N) is 2. The van der Waals surface area contributed by atoms with Crippen molar-refractivity contribution >= 4 is 39.5 Å². The molecular weight excluding hydrogens is 431 g/mol. The van der Waals surface area contributed by atoms with Gasteiger partial charge < -0.3 is 10.6 Å². The van der Waals surface area contributed by atoms with Gasteiger partial charge >= 0.3 is 0 Å². The van der Waals surface area contributed by atoms with Crippen molar-refractivity contribution in [2.24, 2.45) is 0 Å². The predicted molar refractivity (Wildman–Crippen MR) is 122 cm³/mol. The Kier molecular flexibility index (Phi) is 6.09. The molecule has 32 heavy (non-hydrogen) atoms. The first kappa shape index (κ1) is 21.4. The zero-order valence-corrected chi connectivity index (χ0v) is 17.9. The third-order valence-corrected chi connectivity index (χ3v) is 5.67. The number of para-hydroxylation sites is 1. The first-order chi connectivity index (χ1) is 15.5. The van der Waals surface area contributed by atoms with Crippen LogP contribution in [0.25, 0.3) is 4.96 Å². The Bertz CT molecular complexity index is 1350. The summed E-state index contributed by atoms with van der Waals surface area (Å²) in [5, 5.41) is 5.37. The Labute approximate surface area is 186 Å². The number of aromatic nitrogens is 2. The maximum Gasteiger partial charge on any atom is 0.274 e. The van der Waals surface area contributed by atoms with Crippen molar-refractivity contribution < 1.29 is 14.0 Å². The number of hydrogen-bond donors (Lipinski definition) is 2. The molecule has 0 atom stereocenters. The first-order valence-electron chi connectivity index (χ1n) is 9.95. The number of halogens is 1. The molecule has 0 spiro atoms. The fourth-order valence-corrected chi connectivity index (χ4v) is 4.24. The van der Waals surface area contributed by atoms with Gasteiger partial charge in [-0.05, 0) is 42.8 Å². The number of thiazole rings is 1. The number of carbonyl (C=O) groups is 2. The van der Waals surface area contributed by atoms with E-state index >= 15 is 0 Å². The average molecular weight is 450 g/mol. The molecule has 7 nitrogen and oxygen atoms in total. The van der Waals surface area contributed by atoms with Crippen LogP contribution < -0.4 is 16.2 Å². The van der Waals surface area contributed by atoms with Gasteiger partial charge in [-0.1, -0.05) is 42.9 Å². The van der Waals surface area contributed by atoms with E-state index in [-0.39, 0.29) is 15.5 Å². The van der Waals surface area contributed by atoms with Gasteiger partial charge in [0.15, 0.2) is 4.96 Å². The molecule has 0 aliphatic rings. The van der Waals surface area contributed by atoms with Crippen LogP contribution in [0, 0.1) is 5.82 Å². The molecule has 9 heteroatoms. The van der Waals surface area contributed by atoms with Crippen molar-refractivity contribution in [3.63, 3.8) is 0 Å². The minimum atomic E-state index is -0.673. The molecule has 0 bridgehead atoms. The van der Waals surface area contributed by atoms with Crippen LogP contribution in [0.3, 0.4) is 0 Å². The first-order valence-corrected chi connectivity index (χ1v) is 10.8. The quantitative estimate of drug-likeness (QED) is 0.457. The monoisotopic (exact) mass is 450 g/mol. The maximum atomic E-state index is 13.2. The minimum absolute atomic E-state index is 0.0479. The van der Waals surface area contributed by atoms with E-state index in [1.54, 1.807) is 24.3 Å². The molecule has 0 fully saturated rings. The molecule has 4 aromatic rings. The fourth-order valence-electron chi connectivity index (χ4n) is 3.20. The van der Waals surface area contributed by atoms with Crippen molar-refractivity contribution in [3.8, 4) is 0 Å². The normalized spacial score (nSPS) is 10.8. The van der Waals surface area contributed by atoms with Crippen molar-refractivity contribution in [1.29, 1.82) is 0 Å². The molecule has 0 unspecified atom stereocenters. The van der Waals surface area contributed by atoms with Gasteiger partial charge in [0.1, 0.15) is 16.4 Å². The number of hydrogen-bond acceptors (Lipinski definition) is 5. The van der Waals surface area contributed by atoms with E-state index in [1.807, 2.05) is 13.0 Å². The standard InChI is InChI=1S/C23H19FN4O3S/c1-2-6-17-13-18(29)28-19(21(30)25-16-11-9-14(24)10-12-16)20(32-23(28)27-17)22(31)26-15-7-4-3-5-8-15/h3-5,7-13H,2,6H2,1H3,(H,25,30)(H,26,31).